The Morgan fingerprint density at radius 3 is 2.32 bits per heavy atom. The number of anilines is 1. The van der Waals surface area contributed by atoms with Crippen molar-refractivity contribution in [2.75, 3.05) is 17.4 Å². The van der Waals surface area contributed by atoms with Gasteiger partial charge in [-0.15, -0.1) is 0 Å². The zero-order valence-electron chi connectivity index (χ0n) is 25.1. The van der Waals surface area contributed by atoms with E-state index in [1.54, 1.807) is 42.2 Å². The van der Waals surface area contributed by atoms with Crippen molar-refractivity contribution in [3.63, 3.8) is 0 Å². The van der Waals surface area contributed by atoms with Gasteiger partial charge in [0, 0.05) is 34.4 Å². The zero-order valence-corrected chi connectivity index (χ0v) is 26.8. The molecule has 0 aromatic heterocycles. The number of nitro benzene ring substituents is 1. The molecule has 13 heteroatoms. The fourth-order valence-electron chi connectivity index (χ4n) is 5.35. The van der Waals surface area contributed by atoms with E-state index >= 15 is 0 Å². The van der Waals surface area contributed by atoms with Gasteiger partial charge in [0.05, 0.1) is 18.0 Å². The summed E-state index contributed by atoms with van der Waals surface area (Å²) in [5.74, 6) is 0.222. The number of allylic oxidation sites excluding steroid dienone is 1. The van der Waals surface area contributed by atoms with Crippen LogP contribution in [0.1, 0.15) is 18.1 Å². The average molecular weight is 670 g/mol. The molecule has 11 nitrogen and oxygen atoms in total. The number of fused-ring (bicyclic) bond motifs is 2. The number of aliphatic imine (C=N–C) groups is 1. The Hall–Kier alpha value is -5.03. The van der Waals surface area contributed by atoms with Gasteiger partial charge in [-0.3, -0.25) is 15.0 Å². The lowest BCUT2D eigenvalue weighted by Crippen LogP contribution is -2.37. The molecule has 3 unspecified atom stereocenters. The molecular formula is C34H28N3O8PS. The van der Waals surface area contributed by atoms with Gasteiger partial charge in [-0.1, -0.05) is 60.7 Å². The summed E-state index contributed by atoms with van der Waals surface area (Å²) in [6.07, 6.45) is 0.353. The molecule has 47 heavy (non-hydrogen) atoms. The number of non-ortho nitro benzene ring substituents is 1. The quantitative estimate of drug-likeness (QED) is 0.0575. The summed E-state index contributed by atoms with van der Waals surface area (Å²) in [6, 6.07) is 27.7. The predicted octanol–water partition coefficient (Wildman–Crippen LogP) is 4.07. The normalized spacial score (nSPS) is 18.4. The third-order valence-electron chi connectivity index (χ3n) is 7.67. The van der Waals surface area contributed by atoms with Gasteiger partial charge in [0.25, 0.3) is 10.7 Å². The topological polar surface area (TPSA) is 151 Å². The molecule has 1 saturated heterocycles. The van der Waals surface area contributed by atoms with E-state index in [0.717, 1.165) is 0 Å². The predicted molar refractivity (Wildman–Crippen MR) is 179 cm³/mol. The molecule has 3 atom stereocenters. The van der Waals surface area contributed by atoms with E-state index in [9.17, 15) is 29.2 Å². The van der Waals surface area contributed by atoms with Crippen LogP contribution in [-0.2, 0) is 36.4 Å². The van der Waals surface area contributed by atoms with Crippen molar-refractivity contribution in [3.05, 3.63) is 130 Å². The number of hydrogen-bond acceptors (Lipinski definition) is 10. The number of rotatable bonds is 11. The Kier molecular flexibility index (Phi) is 9.08. The highest BCUT2D eigenvalue weighted by atomic mass is 32.2. The van der Waals surface area contributed by atoms with E-state index < -0.39 is 35.3 Å². The van der Waals surface area contributed by atoms with Gasteiger partial charge in [-0.2, -0.15) is 0 Å². The molecule has 0 radical (unpaired) electrons. The van der Waals surface area contributed by atoms with Gasteiger partial charge in [0.15, 0.2) is 12.5 Å². The Balaban J connectivity index is 1.32. The van der Waals surface area contributed by atoms with Crippen molar-refractivity contribution in [2.45, 2.75) is 19.7 Å². The van der Waals surface area contributed by atoms with Crippen LogP contribution in [0.3, 0.4) is 0 Å². The van der Waals surface area contributed by atoms with Crippen LogP contribution in [0.15, 0.2) is 114 Å². The molecule has 2 aliphatic heterocycles. The summed E-state index contributed by atoms with van der Waals surface area (Å²) in [5.41, 5.74) is 1.49. The maximum atomic E-state index is 14.0. The first kappa shape index (κ1) is 31.9. The molecule has 2 bridgehead atoms. The third-order valence-corrected chi connectivity index (χ3v) is 11.7. The van der Waals surface area contributed by atoms with Crippen LogP contribution in [-0.4, -0.2) is 39.7 Å². The van der Waals surface area contributed by atoms with Crippen LogP contribution in [0.25, 0.3) is 5.57 Å². The summed E-state index contributed by atoms with van der Waals surface area (Å²) < 4.78 is 25.3. The lowest BCUT2D eigenvalue weighted by molar-refractivity contribution is -0.384. The number of carbonyl (C=O) groups is 2. The second-order valence-corrected chi connectivity index (χ2v) is 14.7. The Bertz CT molecular complexity index is 1950. The van der Waals surface area contributed by atoms with Crippen molar-refractivity contribution in [3.8, 4) is 5.75 Å². The standard InChI is InChI=1S/C34H28N3O8PS/c1-23(19-31(38)45-20-24-15-17-25(18-16-24)37(40)41)32-28(13-8-14-29(32)46(42,43)27-11-6-3-7-12-27)36-22-47-30(35-33(36)34(47)39)21-44-26-9-4-2-5-10-26/h2-19,33H,20-22H2,1H3. The van der Waals surface area contributed by atoms with E-state index in [4.69, 9.17) is 9.47 Å². The first-order valence-electron chi connectivity index (χ1n) is 14.5. The Morgan fingerprint density at radius 2 is 1.68 bits per heavy atom. The van der Waals surface area contributed by atoms with Crippen LogP contribution in [0.5, 0.6) is 5.75 Å². The van der Waals surface area contributed by atoms with Gasteiger partial charge < -0.3 is 18.9 Å². The molecular weight excluding hydrogens is 641 g/mol. The van der Waals surface area contributed by atoms with Crippen LogP contribution >= 0.6 is 7.37 Å². The van der Waals surface area contributed by atoms with E-state index in [1.165, 1.54) is 48.5 Å². The van der Waals surface area contributed by atoms with Crippen molar-refractivity contribution in [1.82, 2.24) is 0 Å². The number of para-hydroxylation sites is 1. The molecule has 2 aliphatic rings. The van der Waals surface area contributed by atoms with Crippen LogP contribution in [0.2, 0.25) is 0 Å². The van der Waals surface area contributed by atoms with Crippen LogP contribution < -0.4 is 25.1 Å². The minimum Gasteiger partial charge on any atom is -0.793 e. The molecule has 238 valence electrons. The first-order chi connectivity index (χ1) is 22.6. The van der Waals surface area contributed by atoms with E-state index in [0.29, 0.717) is 33.5 Å². The molecule has 2 heterocycles. The minimum absolute atomic E-state index is 0.00621. The average Bonchev–Trinajstić information content (AvgIpc) is 3.57. The molecule has 1 fully saturated rings. The molecule has 6 rings (SSSR count). The third kappa shape index (κ3) is 6.62. The molecule has 0 aliphatic carbocycles. The molecule has 0 spiro atoms. The highest BCUT2D eigenvalue weighted by Gasteiger charge is 2.59. The Labute approximate surface area is 273 Å². The monoisotopic (exact) mass is 669 g/mol. The molecule has 0 N–H and O–H groups in total. The van der Waals surface area contributed by atoms with Gasteiger partial charge in [-0.05, 0) is 48.4 Å². The second kappa shape index (κ2) is 13.4. The van der Waals surface area contributed by atoms with Gasteiger partial charge >= 0.3 is 11.1 Å². The Morgan fingerprint density at radius 1 is 1.00 bits per heavy atom. The molecule has 4 aromatic rings. The minimum atomic E-state index is -4.43. The number of nitro groups is 1. The van der Waals surface area contributed by atoms with E-state index in [1.807, 2.05) is 30.3 Å². The lowest BCUT2D eigenvalue weighted by Gasteiger charge is -2.31. The van der Waals surface area contributed by atoms with Crippen molar-refractivity contribution in [1.29, 1.82) is 0 Å². The summed E-state index contributed by atoms with van der Waals surface area (Å²) in [6.45, 7) is 1.63. The van der Waals surface area contributed by atoms with E-state index in [2.05, 4.69) is 4.99 Å². The number of carbonyl (C=O) groups excluding carboxylic acids is 2. The largest absolute Gasteiger partial charge is 0.793 e. The number of hydrogen-bond donors (Lipinski definition) is 0. The fraction of sp³-hybridized carbons (Fsp3) is 0.147. The highest BCUT2D eigenvalue weighted by Crippen LogP contribution is 2.42. The number of nitrogens with zero attached hydrogens (tertiary/aromatic N) is 3. The number of benzene rings is 4. The first-order valence-corrected chi connectivity index (χ1v) is 17.5. The van der Waals surface area contributed by atoms with Gasteiger partial charge in [0.1, 0.15) is 23.3 Å². The number of ether oxygens (including phenoxy) is 2. The number of esters is 1. The van der Waals surface area contributed by atoms with Crippen molar-refractivity contribution < 1.29 is 33.4 Å². The highest BCUT2D eigenvalue weighted by molar-refractivity contribution is 8.24. The van der Waals surface area contributed by atoms with Crippen molar-refractivity contribution in [2.24, 2.45) is 4.99 Å². The van der Waals surface area contributed by atoms with Gasteiger partial charge in [-0.25, -0.2) is 14.6 Å². The zero-order chi connectivity index (χ0) is 33.1. The molecule has 0 saturated carbocycles. The summed E-state index contributed by atoms with van der Waals surface area (Å²) in [7, 11) is -5.29. The van der Waals surface area contributed by atoms with Gasteiger partial charge in [0.2, 0.25) is 6.17 Å². The summed E-state index contributed by atoms with van der Waals surface area (Å²) in [5, 5.41) is 11.6. The van der Waals surface area contributed by atoms with Crippen LogP contribution in [0.4, 0.5) is 11.4 Å². The smallest absolute Gasteiger partial charge is 0.384 e. The SMILES string of the molecule is CC(=CC(=O)OCc1ccc([N+](=O)[O-])cc1)c1c(N2C[S+]3C(=O)C2N=C3COc2ccccc2)cccc1P(=O)([O-])c1ccccc1. The molecule has 0 amide bonds. The van der Waals surface area contributed by atoms with E-state index in [-0.39, 0.29) is 40.2 Å². The van der Waals surface area contributed by atoms with Crippen molar-refractivity contribution >= 4 is 61.9 Å². The lowest BCUT2D eigenvalue weighted by atomic mass is 10.0. The maximum Gasteiger partial charge on any atom is 0.384 e. The van der Waals surface area contributed by atoms with Crippen LogP contribution in [0, 0.1) is 10.1 Å². The second-order valence-electron chi connectivity index (χ2n) is 10.7. The summed E-state index contributed by atoms with van der Waals surface area (Å²) in [4.78, 5) is 57.2. The maximum absolute atomic E-state index is 14.0. The molecule has 4 aromatic carbocycles. The fourth-order valence-corrected chi connectivity index (χ4v) is 8.99. The summed E-state index contributed by atoms with van der Waals surface area (Å²) >= 11 is 0.